The summed E-state index contributed by atoms with van der Waals surface area (Å²) < 4.78 is 0. The third-order valence-electron chi connectivity index (χ3n) is 5.84. The normalized spacial score (nSPS) is 38.1. The minimum absolute atomic E-state index is 0.261. The summed E-state index contributed by atoms with van der Waals surface area (Å²) >= 11 is 0. The van der Waals surface area contributed by atoms with E-state index in [1.165, 1.54) is 51.7 Å². The van der Waals surface area contributed by atoms with E-state index in [2.05, 4.69) is 37.6 Å². The van der Waals surface area contributed by atoms with Crippen molar-refractivity contribution >= 4 is 0 Å². The highest BCUT2D eigenvalue weighted by molar-refractivity contribution is 5.03. The first-order chi connectivity index (χ1) is 9.51. The van der Waals surface area contributed by atoms with E-state index in [1.807, 2.05) is 0 Å². The molecule has 20 heavy (non-hydrogen) atoms. The number of hydrogen-bond donors (Lipinski definition) is 1. The number of likely N-dealkylation sites (N-methyl/N-ethyl adjacent to an activating group) is 1. The molecular weight excluding hydrogens is 246 g/mol. The van der Waals surface area contributed by atoms with E-state index >= 15 is 0 Å². The largest absolute Gasteiger partial charge is 0.329 e. The third kappa shape index (κ3) is 3.05. The smallest absolute Gasteiger partial charge is 0.0365 e. The molecule has 1 saturated heterocycles. The van der Waals surface area contributed by atoms with Crippen LogP contribution in [0.4, 0.5) is 0 Å². The van der Waals surface area contributed by atoms with Crippen molar-refractivity contribution in [2.45, 2.75) is 64.5 Å². The van der Waals surface area contributed by atoms with Crippen LogP contribution in [0.3, 0.4) is 0 Å². The summed E-state index contributed by atoms with van der Waals surface area (Å²) in [7, 11) is 2.26. The molecule has 0 amide bonds. The van der Waals surface area contributed by atoms with Gasteiger partial charge in [-0.2, -0.15) is 0 Å². The van der Waals surface area contributed by atoms with Gasteiger partial charge in [-0.25, -0.2) is 0 Å². The van der Waals surface area contributed by atoms with Crippen LogP contribution < -0.4 is 5.73 Å². The first-order valence-electron chi connectivity index (χ1n) is 8.66. The van der Waals surface area contributed by atoms with Crippen molar-refractivity contribution in [3.8, 4) is 0 Å². The fourth-order valence-electron chi connectivity index (χ4n) is 4.96. The number of nitrogens with two attached hydrogens (primary N) is 1. The quantitative estimate of drug-likeness (QED) is 0.863. The standard InChI is InChI=1S/C17H35N3/c1-14(2)16-8-5-6-9-17(16,13-18)20-11-7-10-19(4)12-15(20)3/h14-16H,5-13,18H2,1-4H3. The summed E-state index contributed by atoms with van der Waals surface area (Å²) in [6.07, 6.45) is 6.72. The minimum Gasteiger partial charge on any atom is -0.329 e. The van der Waals surface area contributed by atoms with Crippen molar-refractivity contribution in [3.05, 3.63) is 0 Å². The number of rotatable bonds is 3. The van der Waals surface area contributed by atoms with Gasteiger partial charge in [0.15, 0.2) is 0 Å². The topological polar surface area (TPSA) is 32.5 Å². The maximum Gasteiger partial charge on any atom is 0.0365 e. The van der Waals surface area contributed by atoms with E-state index in [4.69, 9.17) is 5.73 Å². The average molecular weight is 281 g/mol. The first-order valence-corrected chi connectivity index (χ1v) is 8.66. The van der Waals surface area contributed by atoms with E-state index < -0.39 is 0 Å². The molecule has 0 aromatic heterocycles. The molecule has 3 nitrogen and oxygen atoms in total. The Morgan fingerprint density at radius 3 is 2.60 bits per heavy atom. The molecule has 1 saturated carbocycles. The second-order valence-corrected chi connectivity index (χ2v) is 7.56. The summed E-state index contributed by atoms with van der Waals surface area (Å²) in [5, 5.41) is 0. The Morgan fingerprint density at radius 2 is 1.95 bits per heavy atom. The van der Waals surface area contributed by atoms with Crippen LogP contribution in [-0.2, 0) is 0 Å². The molecule has 2 aliphatic rings. The Labute approximate surface area is 125 Å². The first kappa shape index (κ1) is 16.3. The van der Waals surface area contributed by atoms with Gasteiger partial charge >= 0.3 is 0 Å². The molecule has 0 aromatic carbocycles. The van der Waals surface area contributed by atoms with E-state index in [-0.39, 0.29) is 5.54 Å². The van der Waals surface area contributed by atoms with Crippen molar-refractivity contribution in [3.63, 3.8) is 0 Å². The van der Waals surface area contributed by atoms with Crippen LogP contribution in [0.2, 0.25) is 0 Å². The molecule has 0 aromatic rings. The summed E-state index contributed by atoms with van der Waals surface area (Å²) in [6.45, 7) is 11.7. The van der Waals surface area contributed by atoms with Gasteiger partial charge in [0, 0.05) is 31.2 Å². The molecule has 3 heteroatoms. The van der Waals surface area contributed by atoms with Gasteiger partial charge < -0.3 is 10.6 Å². The van der Waals surface area contributed by atoms with E-state index in [9.17, 15) is 0 Å². The molecule has 2 rings (SSSR count). The second kappa shape index (κ2) is 6.76. The second-order valence-electron chi connectivity index (χ2n) is 7.56. The van der Waals surface area contributed by atoms with Crippen LogP contribution in [-0.4, -0.2) is 54.6 Å². The molecule has 2 N–H and O–H groups in total. The van der Waals surface area contributed by atoms with Gasteiger partial charge in [0.1, 0.15) is 0 Å². The lowest BCUT2D eigenvalue weighted by Crippen LogP contribution is -2.64. The molecule has 0 spiro atoms. The fraction of sp³-hybridized carbons (Fsp3) is 1.00. The third-order valence-corrected chi connectivity index (χ3v) is 5.84. The van der Waals surface area contributed by atoms with Crippen molar-refractivity contribution < 1.29 is 0 Å². The van der Waals surface area contributed by atoms with Crippen molar-refractivity contribution in [1.29, 1.82) is 0 Å². The zero-order valence-electron chi connectivity index (χ0n) is 14.1. The Kier molecular flexibility index (Phi) is 5.49. The SMILES string of the molecule is CC(C)C1CCCCC1(CN)N1CCCN(C)CC1C. The van der Waals surface area contributed by atoms with Crippen molar-refractivity contribution in [1.82, 2.24) is 9.80 Å². The lowest BCUT2D eigenvalue weighted by atomic mass is 9.66. The fourth-order valence-corrected chi connectivity index (χ4v) is 4.96. The molecule has 1 heterocycles. The van der Waals surface area contributed by atoms with Crippen LogP contribution in [0.15, 0.2) is 0 Å². The molecule has 3 unspecified atom stereocenters. The van der Waals surface area contributed by atoms with Gasteiger partial charge in [0.05, 0.1) is 0 Å². The molecular formula is C17H35N3. The highest BCUT2D eigenvalue weighted by Crippen LogP contribution is 2.43. The Balaban J connectivity index is 2.27. The van der Waals surface area contributed by atoms with Gasteiger partial charge in [-0.15, -0.1) is 0 Å². The maximum absolute atomic E-state index is 6.39. The highest BCUT2D eigenvalue weighted by Gasteiger charge is 2.47. The van der Waals surface area contributed by atoms with Crippen LogP contribution in [0.25, 0.3) is 0 Å². The Morgan fingerprint density at radius 1 is 1.20 bits per heavy atom. The Bertz CT molecular complexity index is 305. The van der Waals surface area contributed by atoms with E-state index in [0.717, 1.165) is 18.4 Å². The van der Waals surface area contributed by atoms with Gasteiger partial charge in [0.2, 0.25) is 0 Å². The van der Waals surface area contributed by atoms with Crippen LogP contribution in [0.1, 0.15) is 52.9 Å². The van der Waals surface area contributed by atoms with Crippen LogP contribution in [0, 0.1) is 11.8 Å². The molecule has 1 aliphatic carbocycles. The van der Waals surface area contributed by atoms with Crippen LogP contribution in [0.5, 0.6) is 0 Å². The monoisotopic (exact) mass is 281 g/mol. The van der Waals surface area contributed by atoms with Gasteiger partial charge in [0.25, 0.3) is 0 Å². The van der Waals surface area contributed by atoms with Crippen LogP contribution >= 0.6 is 0 Å². The highest BCUT2D eigenvalue weighted by atomic mass is 15.3. The van der Waals surface area contributed by atoms with Crippen molar-refractivity contribution in [2.75, 3.05) is 33.2 Å². The molecule has 1 aliphatic heterocycles. The lowest BCUT2D eigenvalue weighted by Gasteiger charge is -2.54. The molecule has 3 atom stereocenters. The van der Waals surface area contributed by atoms with Crippen molar-refractivity contribution in [2.24, 2.45) is 17.6 Å². The Hall–Kier alpha value is -0.120. The minimum atomic E-state index is 0.261. The summed E-state index contributed by atoms with van der Waals surface area (Å²) in [6, 6.07) is 0.630. The number of nitrogens with zero attached hydrogens (tertiary/aromatic N) is 2. The van der Waals surface area contributed by atoms with E-state index in [0.29, 0.717) is 6.04 Å². The molecule has 118 valence electrons. The zero-order chi connectivity index (χ0) is 14.8. The summed E-state index contributed by atoms with van der Waals surface area (Å²) in [5.41, 5.74) is 6.65. The van der Waals surface area contributed by atoms with Gasteiger partial charge in [-0.3, -0.25) is 4.90 Å². The molecule has 2 fully saturated rings. The molecule has 0 bridgehead atoms. The average Bonchev–Trinajstić information content (AvgIpc) is 2.59. The maximum atomic E-state index is 6.39. The van der Waals surface area contributed by atoms with E-state index in [1.54, 1.807) is 0 Å². The zero-order valence-corrected chi connectivity index (χ0v) is 14.1. The lowest BCUT2D eigenvalue weighted by molar-refractivity contribution is -0.0346. The number of hydrogen-bond acceptors (Lipinski definition) is 3. The van der Waals surface area contributed by atoms with Gasteiger partial charge in [-0.1, -0.05) is 26.7 Å². The predicted molar refractivity (Wildman–Crippen MR) is 86.9 cm³/mol. The predicted octanol–water partition coefficient (Wildman–Crippen LogP) is 2.56. The summed E-state index contributed by atoms with van der Waals surface area (Å²) in [5.74, 6) is 1.51. The van der Waals surface area contributed by atoms with Gasteiger partial charge in [-0.05, 0) is 51.6 Å². The summed E-state index contributed by atoms with van der Waals surface area (Å²) in [4.78, 5) is 5.29. The molecule has 0 radical (unpaired) electrons.